The van der Waals surface area contributed by atoms with Crippen molar-refractivity contribution in [2.24, 2.45) is 0 Å². The highest BCUT2D eigenvalue weighted by molar-refractivity contribution is 6.42. The van der Waals surface area contributed by atoms with Crippen molar-refractivity contribution < 1.29 is 13.2 Å². The van der Waals surface area contributed by atoms with Crippen molar-refractivity contribution in [3.8, 4) is 11.4 Å². The van der Waals surface area contributed by atoms with Crippen LogP contribution in [0.1, 0.15) is 22.4 Å². The second-order valence-corrected chi connectivity index (χ2v) is 7.87. The molecule has 1 N–H and O–H groups in total. The van der Waals surface area contributed by atoms with E-state index in [1.165, 1.54) is 12.1 Å². The van der Waals surface area contributed by atoms with Gasteiger partial charge in [0.05, 0.1) is 21.3 Å². The van der Waals surface area contributed by atoms with Crippen molar-refractivity contribution in [1.29, 1.82) is 0 Å². The molecule has 4 rings (SSSR count). The first-order chi connectivity index (χ1) is 14.2. The van der Waals surface area contributed by atoms with Crippen LogP contribution in [0.25, 0.3) is 11.4 Å². The quantitative estimate of drug-likeness (QED) is 0.583. The standard InChI is InChI=1S/C21H16Cl2F3N3O/c22-16-3-1-2-13(18(16)23)10-29-9-8-15-17(11-29)27-19(28-20(15)30)12-4-6-14(7-5-12)21(24,25)26/h1-7H,8-11H2,(H,27,28,30). The minimum Gasteiger partial charge on any atom is -0.306 e. The highest BCUT2D eigenvalue weighted by Gasteiger charge is 2.30. The van der Waals surface area contributed by atoms with Gasteiger partial charge < -0.3 is 4.98 Å². The molecule has 1 aromatic heterocycles. The maximum atomic E-state index is 12.8. The Balaban J connectivity index is 1.60. The Morgan fingerprint density at radius 2 is 1.83 bits per heavy atom. The summed E-state index contributed by atoms with van der Waals surface area (Å²) in [5.41, 5.74) is 1.47. The smallest absolute Gasteiger partial charge is 0.306 e. The number of nitrogens with zero attached hydrogens (tertiary/aromatic N) is 2. The average molecular weight is 454 g/mol. The molecule has 2 heterocycles. The number of rotatable bonds is 3. The van der Waals surface area contributed by atoms with Crippen LogP contribution in [0.2, 0.25) is 10.0 Å². The number of aromatic nitrogens is 2. The van der Waals surface area contributed by atoms with Crippen LogP contribution in [0.5, 0.6) is 0 Å². The monoisotopic (exact) mass is 453 g/mol. The molecule has 0 fully saturated rings. The Morgan fingerprint density at radius 1 is 1.10 bits per heavy atom. The average Bonchev–Trinajstić information content (AvgIpc) is 2.70. The van der Waals surface area contributed by atoms with Crippen LogP contribution in [-0.2, 0) is 25.7 Å². The van der Waals surface area contributed by atoms with Gasteiger partial charge in [-0.15, -0.1) is 0 Å². The van der Waals surface area contributed by atoms with Crippen molar-refractivity contribution in [1.82, 2.24) is 14.9 Å². The molecule has 0 amide bonds. The van der Waals surface area contributed by atoms with Gasteiger partial charge in [0, 0.05) is 30.8 Å². The van der Waals surface area contributed by atoms with E-state index in [9.17, 15) is 18.0 Å². The van der Waals surface area contributed by atoms with Crippen molar-refractivity contribution in [3.05, 3.63) is 85.2 Å². The van der Waals surface area contributed by atoms with Gasteiger partial charge in [0.15, 0.2) is 0 Å². The predicted molar refractivity (Wildman–Crippen MR) is 110 cm³/mol. The van der Waals surface area contributed by atoms with Crippen molar-refractivity contribution in [2.45, 2.75) is 25.7 Å². The number of fused-ring (bicyclic) bond motifs is 1. The van der Waals surface area contributed by atoms with E-state index in [-0.39, 0.29) is 11.4 Å². The lowest BCUT2D eigenvalue weighted by Gasteiger charge is -2.28. The molecule has 9 heteroatoms. The molecule has 1 aliphatic rings. The highest BCUT2D eigenvalue weighted by atomic mass is 35.5. The first-order valence-electron chi connectivity index (χ1n) is 9.17. The fourth-order valence-corrected chi connectivity index (χ4v) is 3.87. The molecular weight excluding hydrogens is 438 g/mol. The zero-order valence-corrected chi connectivity index (χ0v) is 17.1. The lowest BCUT2D eigenvalue weighted by Crippen LogP contribution is -2.35. The van der Waals surface area contributed by atoms with E-state index in [0.717, 1.165) is 17.7 Å². The van der Waals surface area contributed by atoms with E-state index in [4.69, 9.17) is 23.2 Å². The van der Waals surface area contributed by atoms with Gasteiger partial charge in [-0.3, -0.25) is 9.69 Å². The SMILES string of the molecule is O=c1[nH]c(-c2ccc(C(F)(F)F)cc2)nc2c1CCN(Cc1cccc(Cl)c1Cl)C2. The van der Waals surface area contributed by atoms with Crippen LogP contribution in [0, 0.1) is 0 Å². The number of nitrogens with one attached hydrogen (secondary N) is 1. The van der Waals surface area contributed by atoms with Crippen LogP contribution in [-0.4, -0.2) is 21.4 Å². The van der Waals surface area contributed by atoms with Crippen molar-refractivity contribution >= 4 is 23.2 Å². The third-order valence-electron chi connectivity index (χ3n) is 5.06. The molecule has 3 aromatic rings. The molecular formula is C21H16Cl2F3N3O. The molecule has 156 valence electrons. The van der Waals surface area contributed by atoms with E-state index < -0.39 is 11.7 Å². The van der Waals surface area contributed by atoms with Gasteiger partial charge >= 0.3 is 6.18 Å². The van der Waals surface area contributed by atoms with E-state index in [1.807, 2.05) is 12.1 Å². The molecule has 0 spiro atoms. The number of benzene rings is 2. The Bertz CT molecular complexity index is 1140. The zero-order chi connectivity index (χ0) is 21.5. The van der Waals surface area contributed by atoms with Crippen LogP contribution >= 0.6 is 23.2 Å². The second kappa shape index (κ2) is 8.06. The zero-order valence-electron chi connectivity index (χ0n) is 15.6. The largest absolute Gasteiger partial charge is 0.416 e. The molecule has 0 saturated heterocycles. The predicted octanol–water partition coefficient (Wildman–Crippen LogP) is 5.32. The van der Waals surface area contributed by atoms with Gasteiger partial charge in [0.25, 0.3) is 5.56 Å². The van der Waals surface area contributed by atoms with Crippen LogP contribution in [0.15, 0.2) is 47.3 Å². The molecule has 0 saturated carbocycles. The number of hydrogen-bond acceptors (Lipinski definition) is 3. The molecule has 2 aromatic carbocycles. The Morgan fingerprint density at radius 3 is 2.53 bits per heavy atom. The summed E-state index contributed by atoms with van der Waals surface area (Å²) in [5.74, 6) is 0.245. The fourth-order valence-electron chi connectivity index (χ4n) is 3.49. The van der Waals surface area contributed by atoms with Crippen molar-refractivity contribution in [3.63, 3.8) is 0 Å². The van der Waals surface area contributed by atoms with Gasteiger partial charge in [-0.05, 0) is 30.2 Å². The van der Waals surface area contributed by atoms with E-state index in [2.05, 4.69) is 14.9 Å². The molecule has 1 aliphatic heterocycles. The third kappa shape index (κ3) is 4.24. The minimum absolute atomic E-state index is 0.245. The van der Waals surface area contributed by atoms with Gasteiger partial charge in [-0.1, -0.05) is 47.5 Å². The minimum atomic E-state index is -4.42. The molecule has 0 unspecified atom stereocenters. The number of halogens is 5. The first-order valence-corrected chi connectivity index (χ1v) is 9.93. The van der Waals surface area contributed by atoms with Gasteiger partial charge in [0.2, 0.25) is 0 Å². The second-order valence-electron chi connectivity index (χ2n) is 7.09. The fraction of sp³-hybridized carbons (Fsp3) is 0.238. The topological polar surface area (TPSA) is 49.0 Å². The number of hydrogen-bond donors (Lipinski definition) is 1. The summed E-state index contributed by atoms with van der Waals surface area (Å²) >= 11 is 12.4. The van der Waals surface area contributed by atoms with Crippen molar-refractivity contribution in [2.75, 3.05) is 6.54 Å². The Hall–Kier alpha value is -2.35. The summed E-state index contributed by atoms with van der Waals surface area (Å²) < 4.78 is 38.4. The van der Waals surface area contributed by atoms with Crippen LogP contribution < -0.4 is 5.56 Å². The number of H-pyrrole nitrogens is 1. The summed E-state index contributed by atoms with van der Waals surface area (Å²) in [6.45, 7) is 1.62. The maximum Gasteiger partial charge on any atom is 0.416 e. The molecule has 30 heavy (non-hydrogen) atoms. The van der Waals surface area contributed by atoms with Crippen LogP contribution in [0.3, 0.4) is 0 Å². The molecule has 0 radical (unpaired) electrons. The Labute approximate surface area is 180 Å². The van der Waals surface area contributed by atoms with E-state index in [1.54, 1.807) is 6.07 Å². The third-order valence-corrected chi connectivity index (χ3v) is 5.92. The summed E-state index contributed by atoms with van der Waals surface area (Å²) in [5, 5.41) is 0.972. The lowest BCUT2D eigenvalue weighted by atomic mass is 10.0. The molecule has 0 atom stereocenters. The summed E-state index contributed by atoms with van der Waals surface area (Å²) in [4.78, 5) is 21.8. The summed E-state index contributed by atoms with van der Waals surface area (Å²) in [6.07, 6.45) is -3.90. The van der Waals surface area contributed by atoms with Gasteiger partial charge in [0.1, 0.15) is 5.82 Å². The normalized spacial score (nSPS) is 14.6. The molecule has 4 nitrogen and oxygen atoms in total. The Kier molecular flexibility index (Phi) is 5.61. The maximum absolute atomic E-state index is 12.8. The van der Waals surface area contributed by atoms with E-state index >= 15 is 0 Å². The van der Waals surface area contributed by atoms with Crippen LogP contribution in [0.4, 0.5) is 13.2 Å². The summed E-state index contributed by atoms with van der Waals surface area (Å²) in [7, 11) is 0. The summed E-state index contributed by atoms with van der Waals surface area (Å²) in [6, 6.07) is 10.00. The van der Waals surface area contributed by atoms with Gasteiger partial charge in [-0.2, -0.15) is 13.2 Å². The first kappa shape index (κ1) is 20.9. The number of alkyl halides is 3. The van der Waals surface area contributed by atoms with Gasteiger partial charge in [-0.25, -0.2) is 4.98 Å². The molecule has 0 bridgehead atoms. The highest BCUT2D eigenvalue weighted by Crippen LogP contribution is 2.31. The molecule has 0 aliphatic carbocycles. The number of aromatic amines is 1. The van der Waals surface area contributed by atoms with E-state index in [0.29, 0.717) is 52.9 Å². The lowest BCUT2D eigenvalue weighted by molar-refractivity contribution is -0.137.